The van der Waals surface area contributed by atoms with Crippen LogP contribution in [-0.4, -0.2) is 58.1 Å². The first-order valence-electron chi connectivity index (χ1n) is 16.4. The predicted molar refractivity (Wildman–Crippen MR) is 182 cm³/mol. The van der Waals surface area contributed by atoms with Crippen molar-refractivity contribution < 1.29 is 28.7 Å². The molecule has 2 aromatic rings. The number of nitrogens with zero attached hydrogens (tertiary/aromatic N) is 1. The lowest BCUT2D eigenvalue weighted by atomic mass is 9.86. The van der Waals surface area contributed by atoms with Gasteiger partial charge in [-0.3, -0.25) is 9.59 Å². The first-order valence-corrected chi connectivity index (χ1v) is 16.4. The van der Waals surface area contributed by atoms with Crippen molar-refractivity contribution in [2.24, 2.45) is 5.92 Å². The van der Waals surface area contributed by atoms with E-state index in [1.54, 1.807) is 70.7 Å². The molecule has 9 nitrogen and oxygen atoms in total. The number of nitrogens with one attached hydrogen (secondary N) is 2. The van der Waals surface area contributed by atoms with Crippen molar-refractivity contribution >= 4 is 23.9 Å². The van der Waals surface area contributed by atoms with E-state index in [4.69, 9.17) is 15.9 Å². The lowest BCUT2D eigenvalue weighted by molar-refractivity contribution is -0.159. The van der Waals surface area contributed by atoms with Crippen LogP contribution in [0.2, 0.25) is 0 Å². The molecule has 9 heteroatoms. The molecule has 2 N–H and O–H groups in total. The van der Waals surface area contributed by atoms with E-state index in [0.717, 1.165) is 12.0 Å². The number of hydrogen-bond acceptors (Lipinski definition) is 6. The van der Waals surface area contributed by atoms with Gasteiger partial charge < -0.3 is 25.0 Å². The van der Waals surface area contributed by atoms with E-state index < -0.39 is 53.2 Å². The Bertz CT molecular complexity index is 1430. The van der Waals surface area contributed by atoms with Gasteiger partial charge in [-0.15, -0.1) is 6.42 Å². The summed E-state index contributed by atoms with van der Waals surface area (Å²) in [5.41, 5.74) is 0.164. The lowest BCUT2D eigenvalue weighted by Crippen LogP contribution is -2.59. The number of alkyl carbamates (subject to hydrolysis) is 1. The van der Waals surface area contributed by atoms with Crippen LogP contribution in [0.3, 0.4) is 0 Å². The normalized spacial score (nSPS) is 15.3. The van der Waals surface area contributed by atoms with Gasteiger partial charge in [-0.1, -0.05) is 68.3 Å². The Balaban J connectivity index is 2.11. The lowest BCUT2D eigenvalue weighted by Gasteiger charge is -2.44. The second-order valence-electron chi connectivity index (χ2n) is 14.6. The summed E-state index contributed by atoms with van der Waals surface area (Å²) in [7, 11) is 0. The number of terminal acetylenes is 1. The molecule has 1 saturated carbocycles. The third-order valence-corrected chi connectivity index (χ3v) is 7.65. The fraction of sp³-hybridized carbons (Fsp3) is 0.526. The Hall–Kier alpha value is -4.32. The summed E-state index contributed by atoms with van der Waals surface area (Å²) in [6.45, 7) is 14.5. The molecule has 3 rings (SSSR count). The van der Waals surface area contributed by atoms with Gasteiger partial charge in [-0.25, -0.2) is 9.59 Å². The Labute approximate surface area is 280 Å². The molecule has 3 atom stereocenters. The predicted octanol–water partition coefficient (Wildman–Crippen LogP) is 6.10. The fourth-order valence-electron chi connectivity index (χ4n) is 5.46. The number of carbonyl (C=O) groups excluding carboxylic acids is 4. The zero-order valence-corrected chi connectivity index (χ0v) is 29.1. The Kier molecular flexibility index (Phi) is 12.6. The highest BCUT2D eigenvalue weighted by molar-refractivity contribution is 5.94. The number of benzene rings is 2. The molecule has 0 saturated heterocycles. The second kappa shape index (κ2) is 16.0. The molecule has 254 valence electrons. The first kappa shape index (κ1) is 37.1. The van der Waals surface area contributed by atoms with Gasteiger partial charge in [0.1, 0.15) is 29.3 Å². The van der Waals surface area contributed by atoms with E-state index in [-0.39, 0.29) is 18.4 Å². The summed E-state index contributed by atoms with van der Waals surface area (Å²) in [5.74, 6) is 1.12. The molecule has 0 heterocycles. The Morgan fingerprint density at radius 3 is 2.00 bits per heavy atom. The van der Waals surface area contributed by atoms with Gasteiger partial charge in [0.2, 0.25) is 11.8 Å². The van der Waals surface area contributed by atoms with Gasteiger partial charge in [0.25, 0.3) is 0 Å². The molecule has 1 fully saturated rings. The summed E-state index contributed by atoms with van der Waals surface area (Å²) in [6, 6.07) is 12.8. The minimum atomic E-state index is -1.18. The number of carbonyl (C=O) groups is 4. The summed E-state index contributed by atoms with van der Waals surface area (Å²) in [5, 5.41) is 5.72. The topological polar surface area (TPSA) is 114 Å². The van der Waals surface area contributed by atoms with Crippen LogP contribution in [0.4, 0.5) is 4.79 Å². The molecule has 0 radical (unpaired) electrons. The largest absolute Gasteiger partial charge is 0.458 e. The third-order valence-electron chi connectivity index (χ3n) is 7.65. The number of hydrogen-bond donors (Lipinski definition) is 2. The number of amides is 3. The van der Waals surface area contributed by atoms with E-state index in [1.165, 1.54) is 0 Å². The van der Waals surface area contributed by atoms with Crippen molar-refractivity contribution in [1.82, 2.24) is 15.5 Å². The van der Waals surface area contributed by atoms with E-state index in [1.807, 2.05) is 44.2 Å². The first-order chi connectivity index (χ1) is 22.0. The van der Waals surface area contributed by atoms with Crippen LogP contribution in [0.25, 0.3) is 0 Å². The minimum Gasteiger partial charge on any atom is -0.458 e. The number of esters is 1. The summed E-state index contributed by atoms with van der Waals surface area (Å²) in [4.78, 5) is 57.4. The molecule has 47 heavy (non-hydrogen) atoms. The van der Waals surface area contributed by atoms with Gasteiger partial charge in [0, 0.05) is 18.0 Å². The van der Waals surface area contributed by atoms with Crippen LogP contribution < -0.4 is 10.6 Å². The zero-order chi connectivity index (χ0) is 34.9. The quantitative estimate of drug-likeness (QED) is 0.213. The van der Waals surface area contributed by atoms with Crippen molar-refractivity contribution in [1.29, 1.82) is 0 Å². The van der Waals surface area contributed by atoms with E-state index in [9.17, 15) is 19.2 Å². The van der Waals surface area contributed by atoms with Gasteiger partial charge >= 0.3 is 12.1 Å². The average molecular weight is 646 g/mol. The zero-order valence-electron chi connectivity index (χ0n) is 29.1. The molecule has 0 spiro atoms. The Morgan fingerprint density at radius 2 is 1.47 bits per heavy atom. The number of rotatable bonds is 12. The van der Waals surface area contributed by atoms with Crippen molar-refractivity contribution in [3.8, 4) is 12.3 Å². The van der Waals surface area contributed by atoms with E-state index >= 15 is 0 Å². The number of ether oxygens (including phenoxy) is 2. The fourth-order valence-corrected chi connectivity index (χ4v) is 5.46. The summed E-state index contributed by atoms with van der Waals surface area (Å²) in [6.07, 6.45) is 7.93. The van der Waals surface area contributed by atoms with Gasteiger partial charge in [0.05, 0.1) is 0 Å². The highest BCUT2D eigenvalue weighted by Crippen LogP contribution is 2.35. The standard InChI is InChI=1S/C38H51N3O6/c1-10-27-19-14-15-22-29(27)32(33(42)39-31(35(44)46-37(4,5)6)24-26-17-12-11-13-18-26)41(28-20-16-21-28)34(43)30(23-25(2)3)40-36(45)47-38(7,8)9/h1,11-15,17-19,22,25,28,30-32H,16,20-21,23-24H2,2-9H3,(H,39,42)(H,40,45). The van der Waals surface area contributed by atoms with Crippen LogP contribution in [0.1, 0.15) is 104 Å². The highest BCUT2D eigenvalue weighted by Gasteiger charge is 2.43. The van der Waals surface area contributed by atoms with Crippen LogP contribution in [0, 0.1) is 18.3 Å². The van der Waals surface area contributed by atoms with Crippen molar-refractivity contribution in [3.05, 3.63) is 71.3 Å². The van der Waals surface area contributed by atoms with Crippen LogP contribution in [0.15, 0.2) is 54.6 Å². The maximum Gasteiger partial charge on any atom is 0.408 e. The highest BCUT2D eigenvalue weighted by atomic mass is 16.6. The van der Waals surface area contributed by atoms with Crippen LogP contribution in [-0.2, 0) is 30.3 Å². The van der Waals surface area contributed by atoms with E-state index in [0.29, 0.717) is 30.4 Å². The summed E-state index contributed by atoms with van der Waals surface area (Å²) < 4.78 is 11.2. The Morgan fingerprint density at radius 1 is 0.872 bits per heavy atom. The SMILES string of the molecule is C#Cc1ccccc1C(C(=O)NC(Cc1ccccc1)C(=O)OC(C)(C)C)N(C(=O)C(CC(C)C)NC(=O)OC(C)(C)C)C1CCC1. The molecular weight excluding hydrogens is 594 g/mol. The van der Waals surface area contributed by atoms with Crippen molar-refractivity contribution in [3.63, 3.8) is 0 Å². The van der Waals surface area contributed by atoms with Gasteiger partial charge in [-0.05, 0) is 90.3 Å². The molecule has 1 aliphatic carbocycles. The van der Waals surface area contributed by atoms with Gasteiger partial charge in [-0.2, -0.15) is 0 Å². The monoisotopic (exact) mass is 645 g/mol. The molecule has 0 aromatic heterocycles. The molecular formula is C38H51N3O6. The van der Waals surface area contributed by atoms with Crippen LogP contribution >= 0.6 is 0 Å². The molecule has 3 unspecified atom stereocenters. The van der Waals surface area contributed by atoms with Crippen LogP contribution in [0.5, 0.6) is 0 Å². The average Bonchev–Trinajstić information content (AvgIpc) is 2.93. The van der Waals surface area contributed by atoms with E-state index in [2.05, 4.69) is 16.6 Å². The van der Waals surface area contributed by atoms with Crippen molar-refractivity contribution in [2.75, 3.05) is 0 Å². The molecule has 0 aliphatic heterocycles. The smallest absolute Gasteiger partial charge is 0.408 e. The molecule has 2 aromatic carbocycles. The maximum absolute atomic E-state index is 14.7. The second-order valence-corrected chi connectivity index (χ2v) is 14.6. The maximum atomic E-state index is 14.7. The minimum absolute atomic E-state index is 0.0369. The molecule has 0 bridgehead atoms. The van der Waals surface area contributed by atoms with Gasteiger partial charge in [0.15, 0.2) is 0 Å². The summed E-state index contributed by atoms with van der Waals surface area (Å²) >= 11 is 0. The third kappa shape index (κ3) is 11.2. The molecule has 1 aliphatic rings. The molecule has 3 amide bonds. The van der Waals surface area contributed by atoms with Crippen molar-refractivity contribution in [2.45, 2.75) is 123 Å².